The van der Waals surface area contributed by atoms with Crippen molar-refractivity contribution in [2.45, 2.75) is 6.92 Å². The van der Waals surface area contributed by atoms with Crippen molar-refractivity contribution < 1.29 is 14.3 Å². The van der Waals surface area contributed by atoms with Crippen molar-refractivity contribution in [3.63, 3.8) is 0 Å². The number of anilines is 1. The number of hydrogen-bond acceptors (Lipinski definition) is 7. The fourth-order valence-corrected chi connectivity index (χ4v) is 4.60. The van der Waals surface area contributed by atoms with Crippen LogP contribution < -0.4 is 20.5 Å². The maximum absolute atomic E-state index is 12.4. The number of benzene rings is 1. The zero-order valence-corrected chi connectivity index (χ0v) is 17.9. The predicted molar refractivity (Wildman–Crippen MR) is 111 cm³/mol. The van der Waals surface area contributed by atoms with E-state index in [0.29, 0.717) is 53.9 Å². The molecule has 0 saturated heterocycles. The van der Waals surface area contributed by atoms with Crippen LogP contribution in [0.25, 0.3) is 21.5 Å². The number of nitrogens with zero attached hydrogens (tertiary/aromatic N) is 2. The Labute approximate surface area is 173 Å². The van der Waals surface area contributed by atoms with Gasteiger partial charge in [0.05, 0.1) is 34.8 Å². The number of amides is 1. The molecule has 7 nitrogen and oxygen atoms in total. The molecule has 1 aromatic carbocycles. The van der Waals surface area contributed by atoms with E-state index in [-0.39, 0.29) is 11.9 Å². The normalized spacial score (nSPS) is 10.9. The predicted octanol–water partition coefficient (Wildman–Crippen LogP) is 4.12. The molecular weight excluding hydrogens is 456 g/mol. The maximum Gasteiger partial charge on any atom is 0.265 e. The molecule has 0 fully saturated rings. The lowest BCUT2D eigenvalue weighted by atomic mass is 10.1. The van der Waals surface area contributed by atoms with Crippen molar-refractivity contribution in [2.75, 3.05) is 26.5 Å². The third kappa shape index (κ3) is 3.54. The third-order valence-electron chi connectivity index (χ3n) is 3.77. The summed E-state index contributed by atoms with van der Waals surface area (Å²) >= 11 is 11.0. The van der Waals surface area contributed by atoms with Gasteiger partial charge in [0.25, 0.3) is 5.91 Å². The van der Waals surface area contributed by atoms with Crippen molar-refractivity contribution in [2.24, 2.45) is 0 Å². The summed E-state index contributed by atoms with van der Waals surface area (Å²) in [6.07, 6.45) is 0. The zero-order chi connectivity index (χ0) is 19.7. The average Bonchev–Trinajstić information content (AvgIpc) is 3.00. The van der Waals surface area contributed by atoms with Gasteiger partial charge in [0, 0.05) is 12.1 Å². The molecule has 2 heterocycles. The molecule has 27 heavy (non-hydrogen) atoms. The summed E-state index contributed by atoms with van der Waals surface area (Å²) in [5.41, 5.74) is 6.97. The minimum absolute atomic E-state index is 0.0711. The number of methoxy groups -OCH3 is 2. The number of fused-ring (bicyclic) bond motifs is 1. The van der Waals surface area contributed by atoms with E-state index in [2.05, 4.69) is 31.2 Å². The molecule has 0 bridgehead atoms. The Balaban J connectivity index is 2.35. The first kappa shape index (κ1) is 19.7. The molecule has 142 valence electrons. The number of ether oxygens (including phenoxy) is 2. The second-order valence-electron chi connectivity index (χ2n) is 5.40. The molecule has 0 saturated carbocycles. The largest absolute Gasteiger partial charge is 0.496 e. The van der Waals surface area contributed by atoms with E-state index < -0.39 is 0 Å². The van der Waals surface area contributed by atoms with Gasteiger partial charge >= 0.3 is 0 Å². The molecule has 2 aromatic heterocycles. The number of halogens is 2. The summed E-state index contributed by atoms with van der Waals surface area (Å²) in [4.78, 5) is 22.0. The van der Waals surface area contributed by atoms with Crippen molar-refractivity contribution in [1.29, 1.82) is 0 Å². The smallest absolute Gasteiger partial charge is 0.265 e. The van der Waals surface area contributed by atoms with Crippen LogP contribution in [0.1, 0.15) is 16.6 Å². The lowest BCUT2D eigenvalue weighted by Gasteiger charge is -2.11. The molecule has 0 unspecified atom stereocenters. The minimum atomic E-state index is -0.249. The summed E-state index contributed by atoms with van der Waals surface area (Å²) in [7, 11) is 3.05. The zero-order valence-electron chi connectivity index (χ0n) is 14.7. The van der Waals surface area contributed by atoms with Crippen molar-refractivity contribution >= 4 is 60.9 Å². The molecule has 3 aromatic rings. The molecule has 3 rings (SSSR count). The number of aromatic nitrogens is 2. The van der Waals surface area contributed by atoms with Gasteiger partial charge in [-0.25, -0.2) is 9.97 Å². The Morgan fingerprint density at radius 2 is 2.07 bits per heavy atom. The molecule has 3 N–H and O–H groups in total. The van der Waals surface area contributed by atoms with E-state index >= 15 is 0 Å². The van der Waals surface area contributed by atoms with E-state index in [1.165, 1.54) is 18.4 Å². The second-order valence-corrected chi connectivity index (χ2v) is 7.66. The standard InChI is InChI=1S/C17H16BrClN4O3S/c1-4-21-15(24)14-13(26-3)11-12(22-17(20)23-16(11)27-14)7-5-10(25-2)8(18)6-9(7)19/h5-6H,4H2,1-3H3,(H,21,24)(H2,20,22,23). The second kappa shape index (κ2) is 7.87. The molecule has 0 atom stereocenters. The van der Waals surface area contributed by atoms with Gasteiger partial charge in [-0.15, -0.1) is 11.3 Å². The van der Waals surface area contributed by atoms with E-state index in [0.717, 1.165) is 0 Å². The molecule has 0 spiro atoms. The van der Waals surface area contributed by atoms with Gasteiger partial charge in [-0.05, 0) is 35.0 Å². The summed E-state index contributed by atoms with van der Waals surface area (Å²) in [5.74, 6) is 0.787. The molecule has 10 heteroatoms. The quantitative estimate of drug-likeness (QED) is 0.580. The van der Waals surface area contributed by atoms with Crippen LogP contribution >= 0.6 is 38.9 Å². The van der Waals surface area contributed by atoms with Gasteiger partial charge < -0.3 is 20.5 Å². The van der Waals surface area contributed by atoms with Crippen LogP contribution in [0.3, 0.4) is 0 Å². The van der Waals surface area contributed by atoms with Crippen LogP contribution in [0, 0.1) is 0 Å². The molecule has 0 aliphatic heterocycles. The third-order valence-corrected chi connectivity index (χ3v) is 5.77. The lowest BCUT2D eigenvalue weighted by Crippen LogP contribution is -2.22. The first-order valence-corrected chi connectivity index (χ1v) is 9.85. The van der Waals surface area contributed by atoms with E-state index in [1.807, 2.05) is 6.92 Å². The van der Waals surface area contributed by atoms with Crippen molar-refractivity contribution in [3.05, 3.63) is 26.5 Å². The van der Waals surface area contributed by atoms with E-state index in [9.17, 15) is 4.79 Å². The first-order valence-electron chi connectivity index (χ1n) is 7.86. The van der Waals surface area contributed by atoms with Gasteiger partial charge in [0.15, 0.2) is 5.75 Å². The van der Waals surface area contributed by atoms with Crippen LogP contribution in [0.2, 0.25) is 5.02 Å². The fraction of sp³-hybridized carbons (Fsp3) is 0.235. The molecular formula is C17H16BrClN4O3S. The topological polar surface area (TPSA) is 99.4 Å². The van der Waals surface area contributed by atoms with Crippen LogP contribution in [0.15, 0.2) is 16.6 Å². The highest BCUT2D eigenvalue weighted by Gasteiger charge is 2.25. The highest BCUT2D eigenvalue weighted by molar-refractivity contribution is 9.10. The van der Waals surface area contributed by atoms with E-state index in [1.54, 1.807) is 19.2 Å². The summed E-state index contributed by atoms with van der Waals surface area (Å²) in [6.45, 7) is 2.33. The number of hydrogen-bond donors (Lipinski definition) is 2. The van der Waals surface area contributed by atoms with Gasteiger partial charge in [0.1, 0.15) is 15.5 Å². The van der Waals surface area contributed by atoms with Crippen LogP contribution in [-0.2, 0) is 0 Å². The minimum Gasteiger partial charge on any atom is -0.496 e. The number of nitrogens with one attached hydrogen (secondary N) is 1. The Kier molecular flexibility index (Phi) is 5.73. The van der Waals surface area contributed by atoms with Gasteiger partial charge in [-0.1, -0.05) is 11.6 Å². The number of nitrogens with two attached hydrogens (primary N) is 1. The number of thiophene rings is 1. The Bertz CT molecular complexity index is 1040. The van der Waals surface area contributed by atoms with Gasteiger partial charge in [-0.2, -0.15) is 0 Å². The number of carbonyl (C=O) groups is 1. The summed E-state index contributed by atoms with van der Waals surface area (Å²) in [5, 5.41) is 3.78. The fourth-order valence-electron chi connectivity index (χ4n) is 2.64. The van der Waals surface area contributed by atoms with Gasteiger partial charge in [-0.3, -0.25) is 4.79 Å². The highest BCUT2D eigenvalue weighted by Crippen LogP contribution is 2.45. The van der Waals surface area contributed by atoms with E-state index in [4.69, 9.17) is 26.8 Å². The number of nitrogen functional groups attached to an aromatic ring is 1. The van der Waals surface area contributed by atoms with Gasteiger partial charge in [0.2, 0.25) is 5.95 Å². The average molecular weight is 472 g/mol. The molecule has 1 amide bonds. The molecule has 0 aliphatic carbocycles. The van der Waals surface area contributed by atoms with Crippen LogP contribution in [0.5, 0.6) is 11.5 Å². The molecule has 0 radical (unpaired) electrons. The Morgan fingerprint density at radius 3 is 2.70 bits per heavy atom. The monoisotopic (exact) mass is 470 g/mol. The van der Waals surface area contributed by atoms with Crippen molar-refractivity contribution in [1.82, 2.24) is 15.3 Å². The maximum atomic E-state index is 12.4. The number of rotatable bonds is 5. The number of carbonyl (C=O) groups excluding carboxylic acids is 1. The summed E-state index contributed by atoms with van der Waals surface area (Å²) in [6, 6.07) is 3.46. The highest BCUT2D eigenvalue weighted by atomic mass is 79.9. The Morgan fingerprint density at radius 1 is 1.33 bits per heavy atom. The summed E-state index contributed by atoms with van der Waals surface area (Å²) < 4.78 is 11.6. The SMILES string of the molecule is CCNC(=O)c1sc2nc(N)nc(-c3cc(OC)c(Br)cc3Cl)c2c1OC. The van der Waals surface area contributed by atoms with Crippen LogP contribution in [0.4, 0.5) is 5.95 Å². The lowest BCUT2D eigenvalue weighted by molar-refractivity contribution is 0.0957. The van der Waals surface area contributed by atoms with Crippen LogP contribution in [-0.4, -0.2) is 36.6 Å². The first-order chi connectivity index (χ1) is 12.9. The van der Waals surface area contributed by atoms with Crippen molar-refractivity contribution in [3.8, 4) is 22.8 Å². The Hall–Kier alpha value is -2.10. The molecule has 0 aliphatic rings.